The second-order valence-electron chi connectivity index (χ2n) is 7.01. The number of likely N-dealkylation sites (N-methyl/N-ethyl adjacent to an activating group) is 1. The number of halogens is 4. The molecule has 0 spiro atoms. The molecule has 1 amide bonds. The van der Waals surface area contributed by atoms with E-state index >= 15 is 0 Å². The monoisotopic (exact) mass is 427 g/mol. The van der Waals surface area contributed by atoms with Crippen LogP contribution in [0.3, 0.4) is 0 Å². The highest BCUT2D eigenvalue weighted by molar-refractivity contribution is 6.31. The van der Waals surface area contributed by atoms with Gasteiger partial charge in [-0.15, -0.1) is 5.10 Å². The second-order valence-corrected chi connectivity index (χ2v) is 7.42. The van der Waals surface area contributed by atoms with Gasteiger partial charge in [-0.2, -0.15) is 18.3 Å². The molecule has 1 saturated heterocycles. The van der Waals surface area contributed by atoms with Crippen LogP contribution in [-0.4, -0.2) is 53.7 Å². The Morgan fingerprint density at radius 3 is 2.86 bits per heavy atom. The predicted octanol–water partition coefficient (Wildman–Crippen LogP) is 3.69. The first kappa shape index (κ1) is 21.3. The van der Waals surface area contributed by atoms with Crippen molar-refractivity contribution in [3.05, 3.63) is 47.1 Å². The van der Waals surface area contributed by atoms with Crippen LogP contribution in [0.1, 0.15) is 18.4 Å². The standard InChI is InChI=1S/C19H21ClF3N5O/c1-27(11-14-4-3-9-28(14)17-5-2-8-24-26-17)12-18(29)25-13-6-7-16(20)15(10-13)19(21,22)23/h2,5-8,10,14H,3-4,9,11-12H2,1H3,(H,25,29). The van der Waals surface area contributed by atoms with Gasteiger partial charge in [0.05, 0.1) is 17.1 Å². The van der Waals surface area contributed by atoms with E-state index in [1.165, 1.54) is 6.07 Å². The minimum absolute atomic E-state index is 0.0504. The molecule has 0 bridgehead atoms. The molecule has 1 aliphatic rings. The summed E-state index contributed by atoms with van der Waals surface area (Å²) in [4.78, 5) is 16.3. The molecule has 1 N–H and O–H groups in total. The smallest absolute Gasteiger partial charge is 0.351 e. The summed E-state index contributed by atoms with van der Waals surface area (Å²) in [6.07, 6.45) is -0.978. The fraction of sp³-hybridized carbons (Fsp3) is 0.421. The number of hydrogen-bond donors (Lipinski definition) is 1. The molecule has 0 saturated carbocycles. The lowest BCUT2D eigenvalue weighted by Crippen LogP contribution is -2.42. The third-order valence-electron chi connectivity index (χ3n) is 4.72. The molecule has 6 nitrogen and oxygen atoms in total. The van der Waals surface area contributed by atoms with Gasteiger partial charge < -0.3 is 10.2 Å². The first-order valence-electron chi connectivity index (χ1n) is 9.13. The number of benzene rings is 1. The summed E-state index contributed by atoms with van der Waals surface area (Å²) >= 11 is 5.61. The topological polar surface area (TPSA) is 61.4 Å². The SMILES string of the molecule is CN(CC(=O)Nc1ccc(Cl)c(C(F)(F)F)c1)CC1CCCN1c1cccnn1. The largest absolute Gasteiger partial charge is 0.417 e. The van der Waals surface area contributed by atoms with Crippen LogP contribution in [0.4, 0.5) is 24.7 Å². The third kappa shape index (κ3) is 5.57. The van der Waals surface area contributed by atoms with Crippen LogP contribution in [-0.2, 0) is 11.0 Å². The first-order chi connectivity index (χ1) is 13.7. The van der Waals surface area contributed by atoms with E-state index in [-0.39, 0.29) is 18.3 Å². The zero-order chi connectivity index (χ0) is 21.0. The number of hydrogen-bond acceptors (Lipinski definition) is 5. The highest BCUT2D eigenvalue weighted by Crippen LogP contribution is 2.36. The van der Waals surface area contributed by atoms with E-state index in [1.54, 1.807) is 13.2 Å². The van der Waals surface area contributed by atoms with Gasteiger partial charge in [0, 0.05) is 31.0 Å². The number of anilines is 2. The molecule has 156 valence electrons. The summed E-state index contributed by atoms with van der Waals surface area (Å²) in [7, 11) is 1.80. The van der Waals surface area contributed by atoms with Crippen molar-refractivity contribution in [2.24, 2.45) is 0 Å². The maximum atomic E-state index is 13.0. The van der Waals surface area contributed by atoms with Crippen molar-refractivity contribution in [1.82, 2.24) is 15.1 Å². The summed E-state index contributed by atoms with van der Waals surface area (Å²) in [5, 5.41) is 10.2. The Labute approximate surface area is 171 Å². The summed E-state index contributed by atoms with van der Waals surface area (Å²) < 4.78 is 38.9. The third-order valence-corrected chi connectivity index (χ3v) is 5.05. The number of amides is 1. The van der Waals surface area contributed by atoms with Crippen LogP contribution in [0.5, 0.6) is 0 Å². The van der Waals surface area contributed by atoms with E-state index in [9.17, 15) is 18.0 Å². The molecule has 3 rings (SSSR count). The van der Waals surface area contributed by atoms with Crippen molar-refractivity contribution in [3.63, 3.8) is 0 Å². The van der Waals surface area contributed by atoms with Gasteiger partial charge >= 0.3 is 6.18 Å². The molecule has 2 heterocycles. The zero-order valence-corrected chi connectivity index (χ0v) is 16.5. The number of nitrogens with zero attached hydrogens (tertiary/aromatic N) is 4. The lowest BCUT2D eigenvalue weighted by atomic mass is 10.2. The number of alkyl halides is 3. The Bertz CT molecular complexity index is 849. The van der Waals surface area contributed by atoms with Crippen LogP contribution in [0.25, 0.3) is 0 Å². The van der Waals surface area contributed by atoms with Gasteiger partial charge in [0.15, 0.2) is 5.82 Å². The first-order valence-corrected chi connectivity index (χ1v) is 9.51. The van der Waals surface area contributed by atoms with E-state index < -0.39 is 22.7 Å². The molecule has 1 aromatic heterocycles. The maximum Gasteiger partial charge on any atom is 0.417 e. The van der Waals surface area contributed by atoms with Gasteiger partial charge in [-0.25, -0.2) is 0 Å². The maximum absolute atomic E-state index is 13.0. The molecule has 1 unspecified atom stereocenters. The molecule has 0 radical (unpaired) electrons. The Hall–Kier alpha value is -2.39. The van der Waals surface area contributed by atoms with E-state index in [2.05, 4.69) is 20.4 Å². The zero-order valence-electron chi connectivity index (χ0n) is 15.8. The number of rotatable bonds is 6. The lowest BCUT2D eigenvalue weighted by Gasteiger charge is -2.29. The molecule has 1 aliphatic heterocycles. The summed E-state index contributed by atoms with van der Waals surface area (Å²) in [5.41, 5.74) is -0.918. The molecule has 2 aromatic rings. The van der Waals surface area contributed by atoms with Gasteiger partial charge in [-0.05, 0) is 50.2 Å². The van der Waals surface area contributed by atoms with Crippen molar-refractivity contribution in [3.8, 4) is 0 Å². The van der Waals surface area contributed by atoms with Crippen molar-refractivity contribution < 1.29 is 18.0 Å². The number of aromatic nitrogens is 2. The predicted molar refractivity (Wildman–Crippen MR) is 105 cm³/mol. The van der Waals surface area contributed by atoms with Gasteiger partial charge in [0.1, 0.15) is 0 Å². The Kier molecular flexibility index (Phi) is 6.59. The summed E-state index contributed by atoms with van der Waals surface area (Å²) in [5.74, 6) is 0.403. The van der Waals surface area contributed by atoms with Gasteiger partial charge in [0.2, 0.25) is 5.91 Å². The van der Waals surface area contributed by atoms with Crippen molar-refractivity contribution in [2.75, 3.05) is 36.9 Å². The van der Waals surface area contributed by atoms with E-state index in [0.29, 0.717) is 6.54 Å². The molecule has 10 heteroatoms. The van der Waals surface area contributed by atoms with Crippen molar-refractivity contribution >= 4 is 29.0 Å². The molecular formula is C19H21ClF3N5O. The van der Waals surface area contributed by atoms with Crippen molar-refractivity contribution in [2.45, 2.75) is 25.1 Å². The van der Waals surface area contributed by atoms with Crippen LogP contribution < -0.4 is 10.2 Å². The molecule has 0 aliphatic carbocycles. The Balaban J connectivity index is 1.57. The molecule has 1 fully saturated rings. The molecule has 1 aromatic carbocycles. The summed E-state index contributed by atoms with van der Waals surface area (Å²) in [6, 6.07) is 7.24. The fourth-order valence-corrected chi connectivity index (χ4v) is 3.69. The minimum Gasteiger partial charge on any atom is -0.351 e. The van der Waals surface area contributed by atoms with Gasteiger partial charge in [-0.3, -0.25) is 9.69 Å². The average molecular weight is 428 g/mol. The van der Waals surface area contributed by atoms with E-state index in [0.717, 1.165) is 37.3 Å². The molecular weight excluding hydrogens is 407 g/mol. The van der Waals surface area contributed by atoms with E-state index in [4.69, 9.17) is 11.6 Å². The van der Waals surface area contributed by atoms with Gasteiger partial charge in [-0.1, -0.05) is 11.6 Å². The van der Waals surface area contributed by atoms with Crippen LogP contribution >= 0.6 is 11.6 Å². The lowest BCUT2D eigenvalue weighted by molar-refractivity contribution is -0.137. The highest BCUT2D eigenvalue weighted by Gasteiger charge is 2.33. The minimum atomic E-state index is -4.58. The Morgan fingerprint density at radius 2 is 2.17 bits per heavy atom. The molecule has 29 heavy (non-hydrogen) atoms. The quantitative estimate of drug-likeness (QED) is 0.762. The Morgan fingerprint density at radius 1 is 1.38 bits per heavy atom. The number of carbonyl (C=O) groups excluding carboxylic acids is 1. The highest BCUT2D eigenvalue weighted by atomic mass is 35.5. The number of carbonyl (C=O) groups is 1. The number of nitrogens with one attached hydrogen (secondary N) is 1. The molecule has 1 atom stereocenters. The second kappa shape index (κ2) is 8.96. The average Bonchev–Trinajstić information content (AvgIpc) is 3.11. The normalized spacial score (nSPS) is 17.0. The fourth-order valence-electron chi connectivity index (χ4n) is 3.46. The van der Waals surface area contributed by atoms with Crippen LogP contribution in [0.2, 0.25) is 5.02 Å². The van der Waals surface area contributed by atoms with Gasteiger partial charge in [0.25, 0.3) is 0 Å². The van der Waals surface area contributed by atoms with Crippen LogP contribution in [0, 0.1) is 0 Å². The van der Waals surface area contributed by atoms with E-state index in [1.807, 2.05) is 17.0 Å². The van der Waals surface area contributed by atoms with Crippen LogP contribution in [0.15, 0.2) is 36.5 Å². The summed E-state index contributed by atoms with van der Waals surface area (Å²) in [6.45, 7) is 1.54. The van der Waals surface area contributed by atoms with Crippen molar-refractivity contribution in [1.29, 1.82) is 0 Å².